The van der Waals surface area contributed by atoms with Gasteiger partial charge in [-0.05, 0) is 53.9 Å². The van der Waals surface area contributed by atoms with Gasteiger partial charge in [-0.25, -0.2) is 0 Å². The average molecular weight is 518 g/mol. The van der Waals surface area contributed by atoms with Gasteiger partial charge in [0.15, 0.2) is 11.5 Å². The van der Waals surface area contributed by atoms with E-state index in [1.807, 2.05) is 19.1 Å². The minimum atomic E-state index is -0.864. The van der Waals surface area contributed by atoms with Crippen LogP contribution in [-0.4, -0.2) is 49.6 Å². The van der Waals surface area contributed by atoms with Gasteiger partial charge in [0.05, 0.1) is 39.6 Å². The summed E-state index contributed by atoms with van der Waals surface area (Å²) in [5.74, 6) is 0.432. The maximum atomic E-state index is 13.4. The number of carbonyl (C=O) groups excluding carboxylic acids is 2. The lowest BCUT2D eigenvalue weighted by Gasteiger charge is -2.26. The number of methoxy groups -OCH3 is 3. The number of ether oxygens (including phenoxy) is 4. The highest BCUT2D eigenvalue weighted by molar-refractivity contribution is 6.46. The number of aliphatic hydroxyl groups excluding tert-OH is 1. The first kappa shape index (κ1) is 26.6. The summed E-state index contributed by atoms with van der Waals surface area (Å²) >= 11 is 0. The number of Topliss-reactive ketones (excluding diaryl/α,β-unsaturated/α-hetero) is 1. The van der Waals surface area contributed by atoms with E-state index in [-0.39, 0.29) is 17.9 Å². The van der Waals surface area contributed by atoms with Gasteiger partial charge in [0.2, 0.25) is 0 Å². The molecule has 1 aliphatic heterocycles. The summed E-state index contributed by atoms with van der Waals surface area (Å²) in [5, 5.41) is 11.4. The van der Waals surface area contributed by atoms with Gasteiger partial charge in [-0.15, -0.1) is 0 Å². The van der Waals surface area contributed by atoms with Crippen molar-refractivity contribution in [3.63, 3.8) is 0 Å². The normalized spacial score (nSPS) is 16.4. The zero-order valence-electron chi connectivity index (χ0n) is 21.9. The van der Waals surface area contributed by atoms with Crippen LogP contribution < -0.4 is 18.9 Å². The van der Waals surface area contributed by atoms with Gasteiger partial charge in [-0.1, -0.05) is 37.3 Å². The molecule has 38 heavy (non-hydrogen) atoms. The van der Waals surface area contributed by atoms with Gasteiger partial charge in [-0.2, -0.15) is 0 Å². The van der Waals surface area contributed by atoms with Crippen LogP contribution >= 0.6 is 0 Å². The van der Waals surface area contributed by atoms with Crippen molar-refractivity contribution in [2.75, 3.05) is 27.9 Å². The molecular formula is C30H31NO7. The highest BCUT2D eigenvalue weighted by Gasteiger charge is 2.46. The lowest BCUT2D eigenvalue weighted by atomic mass is 9.94. The molecule has 4 rings (SSSR count). The molecule has 3 aromatic carbocycles. The van der Waals surface area contributed by atoms with Crippen LogP contribution in [0.5, 0.6) is 23.0 Å². The molecule has 0 spiro atoms. The van der Waals surface area contributed by atoms with Crippen LogP contribution in [0.25, 0.3) is 5.76 Å². The van der Waals surface area contributed by atoms with E-state index in [0.29, 0.717) is 40.7 Å². The van der Waals surface area contributed by atoms with E-state index in [0.717, 1.165) is 12.0 Å². The van der Waals surface area contributed by atoms with Crippen molar-refractivity contribution in [3.8, 4) is 23.0 Å². The van der Waals surface area contributed by atoms with Crippen molar-refractivity contribution < 1.29 is 33.6 Å². The van der Waals surface area contributed by atoms with Gasteiger partial charge >= 0.3 is 0 Å². The molecule has 1 amide bonds. The second-order valence-electron chi connectivity index (χ2n) is 8.77. The smallest absolute Gasteiger partial charge is 0.295 e. The fraction of sp³-hybridized carbons (Fsp3) is 0.267. The largest absolute Gasteiger partial charge is 0.507 e. The second-order valence-corrected chi connectivity index (χ2v) is 8.77. The first-order chi connectivity index (χ1) is 18.4. The zero-order valence-corrected chi connectivity index (χ0v) is 21.9. The van der Waals surface area contributed by atoms with Crippen molar-refractivity contribution >= 4 is 17.4 Å². The molecule has 1 aliphatic rings. The highest BCUT2D eigenvalue weighted by Crippen LogP contribution is 2.43. The van der Waals surface area contributed by atoms with Gasteiger partial charge in [-0.3, -0.25) is 9.59 Å². The third-order valence-electron chi connectivity index (χ3n) is 6.36. The number of amides is 1. The molecule has 8 heteroatoms. The number of rotatable bonds is 10. The molecule has 0 aliphatic carbocycles. The molecular weight excluding hydrogens is 486 g/mol. The fourth-order valence-corrected chi connectivity index (χ4v) is 4.45. The Bertz CT molecular complexity index is 1350. The number of carbonyl (C=O) groups is 2. The maximum absolute atomic E-state index is 13.4. The number of aliphatic hydroxyl groups is 1. The number of hydrogen-bond acceptors (Lipinski definition) is 7. The molecule has 0 saturated carbocycles. The quantitative estimate of drug-likeness (QED) is 0.227. The zero-order chi connectivity index (χ0) is 27.2. The van der Waals surface area contributed by atoms with Gasteiger partial charge in [0.1, 0.15) is 17.3 Å². The van der Waals surface area contributed by atoms with Crippen LogP contribution in [0.15, 0.2) is 72.3 Å². The SMILES string of the molecule is CCCOc1cccc(/C(O)=C2/C(=O)C(=O)N(Cc3ccc(OC)cc3)C2c2ccc(OC)c(OC)c2)c1. The topological polar surface area (TPSA) is 94.5 Å². The summed E-state index contributed by atoms with van der Waals surface area (Å²) in [7, 11) is 4.62. The Hall–Kier alpha value is -4.46. The number of likely N-dealkylation sites (tertiary alicyclic amines) is 1. The van der Waals surface area contributed by atoms with Crippen molar-refractivity contribution in [1.29, 1.82) is 0 Å². The van der Waals surface area contributed by atoms with E-state index in [1.165, 1.54) is 19.1 Å². The van der Waals surface area contributed by atoms with E-state index >= 15 is 0 Å². The Balaban J connectivity index is 1.84. The van der Waals surface area contributed by atoms with Crippen molar-refractivity contribution in [3.05, 3.63) is 89.0 Å². The predicted molar refractivity (Wildman–Crippen MR) is 143 cm³/mol. The van der Waals surface area contributed by atoms with Crippen molar-refractivity contribution in [2.24, 2.45) is 0 Å². The van der Waals surface area contributed by atoms with Crippen LogP contribution in [0.2, 0.25) is 0 Å². The molecule has 1 N–H and O–H groups in total. The summed E-state index contributed by atoms with van der Waals surface area (Å²) in [4.78, 5) is 28.3. The minimum Gasteiger partial charge on any atom is -0.507 e. The van der Waals surface area contributed by atoms with Crippen LogP contribution in [-0.2, 0) is 16.1 Å². The van der Waals surface area contributed by atoms with E-state index in [2.05, 4.69) is 0 Å². The highest BCUT2D eigenvalue weighted by atomic mass is 16.5. The van der Waals surface area contributed by atoms with Crippen LogP contribution in [0, 0.1) is 0 Å². The molecule has 0 radical (unpaired) electrons. The van der Waals surface area contributed by atoms with Gasteiger partial charge < -0.3 is 29.0 Å². The van der Waals surface area contributed by atoms with Gasteiger partial charge in [0, 0.05) is 12.1 Å². The molecule has 3 aromatic rings. The van der Waals surface area contributed by atoms with Crippen molar-refractivity contribution in [2.45, 2.75) is 25.9 Å². The molecule has 1 atom stereocenters. The first-order valence-corrected chi connectivity index (χ1v) is 12.3. The standard InChI is InChI=1S/C30H31NO7/c1-5-15-38-23-8-6-7-21(16-23)28(32)26-27(20-11-14-24(36-3)25(17-20)37-4)31(30(34)29(26)33)18-19-9-12-22(35-2)13-10-19/h6-14,16-17,27,32H,5,15,18H2,1-4H3/b28-26-. The lowest BCUT2D eigenvalue weighted by molar-refractivity contribution is -0.140. The van der Waals surface area contributed by atoms with Crippen molar-refractivity contribution in [1.82, 2.24) is 4.90 Å². The van der Waals surface area contributed by atoms with Crippen LogP contribution in [0.4, 0.5) is 0 Å². The summed E-state index contributed by atoms with van der Waals surface area (Å²) < 4.78 is 21.8. The average Bonchev–Trinajstić information content (AvgIpc) is 3.20. The fourth-order valence-electron chi connectivity index (χ4n) is 4.45. The van der Waals surface area contributed by atoms with Gasteiger partial charge in [0.25, 0.3) is 11.7 Å². The second kappa shape index (κ2) is 11.7. The lowest BCUT2D eigenvalue weighted by Crippen LogP contribution is -2.29. The van der Waals surface area contributed by atoms with E-state index < -0.39 is 17.7 Å². The molecule has 1 saturated heterocycles. The molecule has 198 valence electrons. The predicted octanol–water partition coefficient (Wildman–Crippen LogP) is 5.12. The van der Waals surface area contributed by atoms with E-state index in [1.54, 1.807) is 61.7 Å². The molecule has 0 aromatic heterocycles. The summed E-state index contributed by atoms with van der Waals surface area (Å²) in [6.45, 7) is 2.66. The van der Waals surface area contributed by atoms with Crippen LogP contribution in [0.3, 0.4) is 0 Å². The monoisotopic (exact) mass is 517 g/mol. The number of nitrogens with zero attached hydrogens (tertiary/aromatic N) is 1. The third-order valence-corrected chi connectivity index (χ3v) is 6.36. The Morgan fingerprint density at radius 2 is 1.61 bits per heavy atom. The van der Waals surface area contributed by atoms with E-state index in [4.69, 9.17) is 18.9 Å². The molecule has 1 fully saturated rings. The first-order valence-electron chi connectivity index (χ1n) is 12.3. The third kappa shape index (κ3) is 5.29. The molecule has 1 unspecified atom stereocenters. The van der Waals surface area contributed by atoms with E-state index in [9.17, 15) is 14.7 Å². The minimum absolute atomic E-state index is 0.0108. The Kier molecular flexibility index (Phi) is 8.21. The Labute approximate surface area is 222 Å². The number of hydrogen-bond donors (Lipinski definition) is 1. The molecule has 0 bridgehead atoms. The molecule has 8 nitrogen and oxygen atoms in total. The molecule has 1 heterocycles. The maximum Gasteiger partial charge on any atom is 0.295 e. The van der Waals surface area contributed by atoms with Crippen LogP contribution in [0.1, 0.15) is 36.1 Å². The number of benzene rings is 3. The Morgan fingerprint density at radius 1 is 0.868 bits per heavy atom. The summed E-state index contributed by atoms with van der Waals surface area (Å²) in [6.07, 6.45) is 0.825. The Morgan fingerprint density at radius 3 is 2.26 bits per heavy atom. The number of ketones is 1. The summed E-state index contributed by atoms with van der Waals surface area (Å²) in [6, 6.07) is 18.4. The summed E-state index contributed by atoms with van der Waals surface area (Å²) in [5.41, 5.74) is 1.76.